The number of azide groups is 1. The number of aliphatic hydroxyl groups is 2. The van der Waals surface area contributed by atoms with Gasteiger partial charge in [-0.1, -0.05) is 5.11 Å². The molecule has 0 unspecified atom stereocenters. The zero-order chi connectivity index (χ0) is 18.3. The van der Waals surface area contributed by atoms with Crippen molar-refractivity contribution in [1.29, 1.82) is 0 Å². The van der Waals surface area contributed by atoms with Crippen LogP contribution >= 0.6 is 0 Å². The molecular weight excluding hydrogens is 336 g/mol. The molecule has 0 saturated carbocycles. The van der Waals surface area contributed by atoms with Gasteiger partial charge < -0.3 is 39.6 Å². The number of rotatable bonds is 14. The molecule has 146 valence electrons. The summed E-state index contributed by atoms with van der Waals surface area (Å²) in [5, 5.41) is 22.8. The summed E-state index contributed by atoms with van der Waals surface area (Å²) in [5.41, 5.74) is 13.6. The highest BCUT2D eigenvalue weighted by Gasteiger charge is 2.36. The summed E-state index contributed by atoms with van der Waals surface area (Å²) in [5.74, 6) is 0. The normalized spacial score (nSPS) is 26.4. The van der Waals surface area contributed by atoms with Gasteiger partial charge in [-0.3, -0.25) is 0 Å². The highest BCUT2D eigenvalue weighted by atomic mass is 16.6. The quantitative estimate of drug-likeness (QED) is 0.150. The van der Waals surface area contributed by atoms with Crippen LogP contribution in [0, 0.1) is 0 Å². The fraction of sp³-hybridized carbons (Fsp3) is 1.00. The molecule has 0 spiro atoms. The maximum absolute atomic E-state index is 9.80. The van der Waals surface area contributed by atoms with Gasteiger partial charge in [-0.05, 0) is 5.53 Å². The van der Waals surface area contributed by atoms with Crippen molar-refractivity contribution in [3.05, 3.63) is 10.4 Å². The van der Waals surface area contributed by atoms with Gasteiger partial charge in [-0.25, -0.2) is 0 Å². The molecule has 1 heterocycles. The topological polar surface area (TPSA) is 161 Å². The molecule has 1 fully saturated rings. The number of nitrogens with two attached hydrogens (primary N) is 1. The van der Waals surface area contributed by atoms with E-state index >= 15 is 0 Å². The van der Waals surface area contributed by atoms with Crippen molar-refractivity contribution >= 4 is 0 Å². The summed E-state index contributed by atoms with van der Waals surface area (Å²) in [4.78, 5) is 2.61. The average molecular weight is 364 g/mol. The van der Waals surface area contributed by atoms with Crippen molar-refractivity contribution in [2.45, 2.75) is 24.4 Å². The first kappa shape index (κ1) is 22.0. The molecule has 25 heavy (non-hydrogen) atoms. The Balaban J connectivity index is 1.84. The van der Waals surface area contributed by atoms with Gasteiger partial charge in [0.05, 0.1) is 71.6 Å². The van der Waals surface area contributed by atoms with Gasteiger partial charge in [0, 0.05) is 11.5 Å². The van der Waals surface area contributed by atoms with Gasteiger partial charge in [0.2, 0.25) is 0 Å². The molecule has 11 nitrogen and oxygen atoms in total. The molecule has 0 aromatic carbocycles. The van der Waals surface area contributed by atoms with Gasteiger partial charge in [0.1, 0.15) is 12.2 Å². The summed E-state index contributed by atoms with van der Waals surface area (Å²) in [6, 6.07) is -0.578. The second-order valence-electron chi connectivity index (χ2n) is 5.38. The minimum Gasteiger partial charge on any atom is -0.389 e. The van der Waals surface area contributed by atoms with Crippen LogP contribution < -0.4 is 5.73 Å². The summed E-state index contributed by atoms with van der Waals surface area (Å²) in [6.45, 7) is 3.52. The van der Waals surface area contributed by atoms with Crippen molar-refractivity contribution in [2.24, 2.45) is 10.8 Å². The molecule has 11 heteroatoms. The molecule has 1 saturated heterocycles. The standard InChI is InChI=1S/C14H28N4O7/c15-11-9-25-12(14(20)13(11)19)10-24-8-7-23-6-5-22-4-3-21-2-1-17-18-16/h11-14,19-20H,1-10,15H2/t11-,12+,13+,14-/m0/s1. The molecule has 4 atom stereocenters. The number of nitrogens with zero attached hydrogens (tertiary/aromatic N) is 3. The first-order valence-electron chi connectivity index (χ1n) is 8.22. The van der Waals surface area contributed by atoms with Crippen LogP contribution in [0.1, 0.15) is 0 Å². The molecule has 0 radical (unpaired) electrons. The van der Waals surface area contributed by atoms with E-state index < -0.39 is 24.4 Å². The van der Waals surface area contributed by atoms with Gasteiger partial charge in [0.15, 0.2) is 0 Å². The largest absolute Gasteiger partial charge is 0.389 e. The maximum atomic E-state index is 9.80. The molecular formula is C14H28N4O7. The van der Waals surface area contributed by atoms with Crippen LogP contribution in [0.15, 0.2) is 5.11 Å². The second-order valence-corrected chi connectivity index (χ2v) is 5.38. The first-order valence-corrected chi connectivity index (χ1v) is 8.22. The minimum absolute atomic E-state index is 0.165. The molecule has 0 amide bonds. The van der Waals surface area contributed by atoms with E-state index in [1.807, 2.05) is 0 Å². The third-order valence-corrected chi connectivity index (χ3v) is 3.47. The fourth-order valence-electron chi connectivity index (χ4n) is 2.06. The van der Waals surface area contributed by atoms with Crippen molar-refractivity contribution < 1.29 is 33.9 Å². The van der Waals surface area contributed by atoms with Gasteiger partial charge in [-0.15, -0.1) is 0 Å². The number of ether oxygens (including phenoxy) is 5. The lowest BCUT2D eigenvalue weighted by molar-refractivity contribution is -0.164. The molecule has 0 aromatic heterocycles. The van der Waals surface area contributed by atoms with E-state index in [1.54, 1.807) is 0 Å². The minimum atomic E-state index is -1.05. The number of hydrogen-bond acceptors (Lipinski definition) is 9. The Hall–Kier alpha value is -1.01. The van der Waals surface area contributed by atoms with Crippen molar-refractivity contribution in [3.63, 3.8) is 0 Å². The molecule has 0 bridgehead atoms. The molecule has 1 aliphatic heterocycles. The Morgan fingerprint density at radius 2 is 1.52 bits per heavy atom. The lowest BCUT2D eigenvalue weighted by Crippen LogP contribution is -2.57. The number of hydrogen-bond donors (Lipinski definition) is 3. The zero-order valence-corrected chi connectivity index (χ0v) is 14.2. The highest BCUT2D eigenvalue weighted by molar-refractivity contribution is 4.88. The maximum Gasteiger partial charge on any atom is 0.110 e. The van der Waals surface area contributed by atoms with Gasteiger partial charge in [-0.2, -0.15) is 0 Å². The van der Waals surface area contributed by atoms with Crippen molar-refractivity contribution in [3.8, 4) is 0 Å². The van der Waals surface area contributed by atoms with Crippen LogP contribution in [0.2, 0.25) is 0 Å². The van der Waals surface area contributed by atoms with E-state index in [0.29, 0.717) is 52.8 Å². The van der Waals surface area contributed by atoms with Crippen LogP contribution in [0.4, 0.5) is 0 Å². The van der Waals surface area contributed by atoms with E-state index in [2.05, 4.69) is 10.0 Å². The monoisotopic (exact) mass is 364 g/mol. The van der Waals surface area contributed by atoms with Gasteiger partial charge >= 0.3 is 0 Å². The number of aliphatic hydroxyl groups excluding tert-OH is 2. The van der Waals surface area contributed by atoms with Crippen LogP contribution in [0.5, 0.6) is 0 Å². The van der Waals surface area contributed by atoms with Crippen LogP contribution in [-0.2, 0) is 23.7 Å². The Bertz CT molecular complexity index is 384. The molecule has 0 aliphatic carbocycles. The Kier molecular flexibility index (Phi) is 12.5. The predicted molar refractivity (Wildman–Crippen MR) is 87.0 cm³/mol. The van der Waals surface area contributed by atoms with Crippen molar-refractivity contribution in [2.75, 3.05) is 66.0 Å². The predicted octanol–water partition coefficient (Wildman–Crippen LogP) is -1.19. The first-order chi connectivity index (χ1) is 12.2. The highest BCUT2D eigenvalue weighted by Crippen LogP contribution is 2.14. The Morgan fingerprint density at radius 1 is 0.960 bits per heavy atom. The summed E-state index contributed by atoms with van der Waals surface area (Å²) < 4.78 is 26.5. The molecule has 1 rings (SSSR count). The summed E-state index contributed by atoms with van der Waals surface area (Å²) in [7, 11) is 0. The van der Waals surface area contributed by atoms with Crippen LogP contribution in [0.25, 0.3) is 10.4 Å². The average Bonchev–Trinajstić information content (AvgIpc) is 2.61. The summed E-state index contributed by atoms with van der Waals surface area (Å²) in [6.07, 6.45) is -2.64. The SMILES string of the molecule is [N-]=[N+]=NCCOCCOCCOCCOC[C@H]1OC[C@H](N)[C@@H](O)[C@H]1O. The van der Waals surface area contributed by atoms with Crippen LogP contribution in [0.3, 0.4) is 0 Å². The van der Waals surface area contributed by atoms with E-state index in [-0.39, 0.29) is 13.2 Å². The third-order valence-electron chi connectivity index (χ3n) is 3.47. The van der Waals surface area contributed by atoms with Crippen molar-refractivity contribution in [1.82, 2.24) is 0 Å². The van der Waals surface area contributed by atoms with Gasteiger partial charge in [0.25, 0.3) is 0 Å². The Morgan fingerprint density at radius 3 is 2.12 bits per heavy atom. The zero-order valence-electron chi connectivity index (χ0n) is 14.2. The van der Waals surface area contributed by atoms with E-state index in [4.69, 9.17) is 34.9 Å². The second kappa shape index (κ2) is 14.2. The molecule has 0 aromatic rings. The molecule has 1 aliphatic rings. The van der Waals surface area contributed by atoms with E-state index in [0.717, 1.165) is 0 Å². The van der Waals surface area contributed by atoms with Crippen LogP contribution in [-0.4, -0.2) is 101 Å². The molecule has 4 N–H and O–H groups in total. The summed E-state index contributed by atoms with van der Waals surface area (Å²) >= 11 is 0. The fourth-order valence-corrected chi connectivity index (χ4v) is 2.06. The third kappa shape index (κ3) is 9.90. The van der Waals surface area contributed by atoms with E-state index in [9.17, 15) is 10.2 Å². The Labute approximate surface area is 146 Å². The lowest BCUT2D eigenvalue weighted by atomic mass is 9.99. The lowest BCUT2D eigenvalue weighted by Gasteiger charge is -2.35. The smallest absolute Gasteiger partial charge is 0.110 e. The van der Waals surface area contributed by atoms with E-state index in [1.165, 1.54) is 0 Å².